The summed E-state index contributed by atoms with van der Waals surface area (Å²) in [4.78, 5) is 17.9. The number of carbonyl (C=O) groups excluding carboxylic acids is 1. The number of methoxy groups -OCH3 is 1. The van der Waals surface area contributed by atoms with Gasteiger partial charge in [0, 0.05) is 25.7 Å². The predicted molar refractivity (Wildman–Crippen MR) is 98.1 cm³/mol. The molecule has 2 atom stereocenters. The minimum atomic E-state index is 0.110. The number of rotatable bonds is 7. The highest BCUT2D eigenvalue weighted by atomic mass is 16.5. The van der Waals surface area contributed by atoms with Gasteiger partial charge in [-0.15, -0.1) is 0 Å². The van der Waals surface area contributed by atoms with Crippen molar-refractivity contribution in [3.63, 3.8) is 0 Å². The topological polar surface area (TPSA) is 42.0 Å². The largest absolute Gasteiger partial charge is 0.490 e. The lowest BCUT2D eigenvalue weighted by Gasteiger charge is -2.34. The second-order valence-corrected chi connectivity index (χ2v) is 6.88. The van der Waals surface area contributed by atoms with Gasteiger partial charge in [-0.25, -0.2) is 0 Å². The van der Waals surface area contributed by atoms with Crippen molar-refractivity contribution >= 4 is 5.91 Å². The monoisotopic (exact) mass is 346 g/mol. The molecule has 3 rings (SSSR count). The van der Waals surface area contributed by atoms with Gasteiger partial charge in [-0.3, -0.25) is 9.69 Å². The van der Waals surface area contributed by atoms with E-state index in [1.165, 1.54) is 12.8 Å². The Bertz CT molecular complexity index is 578. The molecule has 2 unspecified atom stereocenters. The average Bonchev–Trinajstić information content (AvgIpc) is 3.30. The van der Waals surface area contributed by atoms with Gasteiger partial charge in [0.1, 0.15) is 12.4 Å². The highest BCUT2D eigenvalue weighted by molar-refractivity contribution is 5.97. The van der Waals surface area contributed by atoms with Crippen LogP contribution in [0.3, 0.4) is 0 Å². The van der Waals surface area contributed by atoms with Crippen molar-refractivity contribution in [1.29, 1.82) is 0 Å². The fourth-order valence-corrected chi connectivity index (χ4v) is 4.28. The molecule has 0 bridgehead atoms. The van der Waals surface area contributed by atoms with Crippen LogP contribution in [0.15, 0.2) is 24.3 Å². The van der Waals surface area contributed by atoms with Crippen molar-refractivity contribution in [2.24, 2.45) is 0 Å². The molecule has 0 aromatic heterocycles. The number of likely N-dealkylation sites (tertiary alicyclic amines) is 2. The first-order chi connectivity index (χ1) is 12.3. The van der Waals surface area contributed by atoms with Crippen molar-refractivity contribution in [3.05, 3.63) is 29.8 Å². The normalized spacial score (nSPS) is 24.0. The summed E-state index contributed by atoms with van der Waals surface area (Å²) in [6, 6.07) is 8.43. The highest BCUT2D eigenvalue weighted by Crippen LogP contribution is 2.32. The quantitative estimate of drug-likeness (QED) is 0.712. The molecule has 2 aliphatic rings. The minimum Gasteiger partial charge on any atom is -0.490 e. The molecule has 0 spiro atoms. The van der Waals surface area contributed by atoms with Crippen LogP contribution in [0.1, 0.15) is 43.0 Å². The van der Waals surface area contributed by atoms with Crippen LogP contribution in [0.25, 0.3) is 0 Å². The Labute approximate surface area is 150 Å². The number of hydrogen-bond acceptors (Lipinski definition) is 4. The fourth-order valence-electron chi connectivity index (χ4n) is 4.28. The third-order valence-electron chi connectivity index (χ3n) is 5.49. The van der Waals surface area contributed by atoms with Gasteiger partial charge in [-0.05, 0) is 50.9 Å². The maximum atomic E-state index is 13.3. The summed E-state index contributed by atoms with van der Waals surface area (Å²) in [6.45, 7) is 6.28. The number of nitrogens with zero attached hydrogens (tertiary/aromatic N) is 2. The summed E-state index contributed by atoms with van der Waals surface area (Å²) in [5, 5.41) is 0. The van der Waals surface area contributed by atoms with Crippen LogP contribution in [-0.2, 0) is 4.74 Å². The van der Waals surface area contributed by atoms with E-state index in [1.807, 2.05) is 24.3 Å². The van der Waals surface area contributed by atoms with E-state index in [0.29, 0.717) is 36.6 Å². The first-order valence-corrected chi connectivity index (χ1v) is 9.52. The standard InChI is InChI=1S/C20H30N2O3/c1-3-21-12-6-9-17(21)18-10-7-13-22(18)20(23)16-8-4-5-11-19(16)25-15-14-24-2/h4-5,8,11,17-18H,3,6-7,9-10,12-15H2,1-2H3. The van der Waals surface area contributed by atoms with E-state index in [0.717, 1.165) is 32.5 Å². The Balaban J connectivity index is 1.75. The van der Waals surface area contributed by atoms with Crippen molar-refractivity contribution in [2.45, 2.75) is 44.7 Å². The van der Waals surface area contributed by atoms with E-state index < -0.39 is 0 Å². The Kier molecular flexibility index (Phi) is 6.32. The molecular formula is C20H30N2O3. The van der Waals surface area contributed by atoms with E-state index in [4.69, 9.17) is 9.47 Å². The lowest BCUT2D eigenvalue weighted by atomic mass is 10.0. The summed E-state index contributed by atoms with van der Waals surface area (Å²) >= 11 is 0. The zero-order valence-electron chi connectivity index (χ0n) is 15.4. The van der Waals surface area contributed by atoms with Crippen molar-refractivity contribution in [1.82, 2.24) is 9.80 Å². The second-order valence-electron chi connectivity index (χ2n) is 6.88. The van der Waals surface area contributed by atoms with Crippen LogP contribution >= 0.6 is 0 Å². The maximum Gasteiger partial charge on any atom is 0.257 e. The van der Waals surface area contributed by atoms with Crippen molar-refractivity contribution < 1.29 is 14.3 Å². The van der Waals surface area contributed by atoms with Gasteiger partial charge in [-0.1, -0.05) is 19.1 Å². The van der Waals surface area contributed by atoms with Crippen LogP contribution in [0.5, 0.6) is 5.75 Å². The zero-order valence-corrected chi connectivity index (χ0v) is 15.4. The Morgan fingerprint density at radius 2 is 1.88 bits per heavy atom. The number of likely N-dealkylation sites (N-methyl/N-ethyl adjacent to an activating group) is 1. The van der Waals surface area contributed by atoms with Gasteiger partial charge in [0.15, 0.2) is 0 Å². The van der Waals surface area contributed by atoms with Crippen LogP contribution in [-0.4, -0.2) is 67.7 Å². The molecule has 1 aromatic rings. The average molecular weight is 346 g/mol. The van der Waals surface area contributed by atoms with E-state index in [9.17, 15) is 4.79 Å². The van der Waals surface area contributed by atoms with Gasteiger partial charge in [0.05, 0.1) is 12.2 Å². The molecular weight excluding hydrogens is 316 g/mol. The SMILES string of the molecule is CCN1CCCC1C1CCCN1C(=O)c1ccccc1OCCOC. The number of carbonyl (C=O) groups is 1. The summed E-state index contributed by atoms with van der Waals surface area (Å²) in [5.41, 5.74) is 0.673. The number of para-hydroxylation sites is 1. The number of benzene rings is 1. The second kappa shape index (κ2) is 8.68. The fraction of sp³-hybridized carbons (Fsp3) is 0.650. The molecule has 2 aliphatic heterocycles. The van der Waals surface area contributed by atoms with Crippen LogP contribution < -0.4 is 4.74 Å². The van der Waals surface area contributed by atoms with Crippen molar-refractivity contribution in [3.8, 4) is 5.75 Å². The summed E-state index contributed by atoms with van der Waals surface area (Å²) < 4.78 is 10.8. The molecule has 5 nitrogen and oxygen atoms in total. The van der Waals surface area contributed by atoms with Gasteiger partial charge in [-0.2, -0.15) is 0 Å². The van der Waals surface area contributed by atoms with Crippen molar-refractivity contribution in [2.75, 3.05) is 40.0 Å². The lowest BCUT2D eigenvalue weighted by Crippen LogP contribution is -2.48. The Hall–Kier alpha value is -1.59. The van der Waals surface area contributed by atoms with Gasteiger partial charge in [0.25, 0.3) is 5.91 Å². The zero-order chi connectivity index (χ0) is 17.6. The smallest absolute Gasteiger partial charge is 0.257 e. The molecule has 2 fully saturated rings. The molecule has 25 heavy (non-hydrogen) atoms. The number of ether oxygens (including phenoxy) is 2. The van der Waals surface area contributed by atoms with Gasteiger partial charge < -0.3 is 14.4 Å². The first kappa shape index (κ1) is 18.2. The summed E-state index contributed by atoms with van der Waals surface area (Å²) in [6.07, 6.45) is 4.65. The van der Waals surface area contributed by atoms with E-state index in [2.05, 4.69) is 16.7 Å². The predicted octanol–water partition coefficient (Wildman–Crippen LogP) is 2.80. The Morgan fingerprint density at radius 3 is 2.68 bits per heavy atom. The van der Waals surface area contributed by atoms with E-state index in [1.54, 1.807) is 7.11 Å². The highest BCUT2D eigenvalue weighted by Gasteiger charge is 2.39. The third-order valence-corrected chi connectivity index (χ3v) is 5.49. The molecule has 0 radical (unpaired) electrons. The lowest BCUT2D eigenvalue weighted by molar-refractivity contribution is 0.0643. The molecule has 0 N–H and O–H groups in total. The molecule has 1 amide bonds. The molecule has 0 aliphatic carbocycles. The molecule has 0 saturated carbocycles. The minimum absolute atomic E-state index is 0.110. The van der Waals surface area contributed by atoms with E-state index in [-0.39, 0.29) is 5.91 Å². The summed E-state index contributed by atoms with van der Waals surface area (Å²) in [7, 11) is 1.65. The molecule has 5 heteroatoms. The van der Waals surface area contributed by atoms with Crippen LogP contribution in [0.2, 0.25) is 0 Å². The first-order valence-electron chi connectivity index (χ1n) is 9.52. The Morgan fingerprint density at radius 1 is 1.12 bits per heavy atom. The summed E-state index contributed by atoms with van der Waals surface area (Å²) in [5.74, 6) is 0.771. The number of amides is 1. The molecule has 2 heterocycles. The third kappa shape index (κ3) is 3.98. The molecule has 1 aromatic carbocycles. The molecule has 138 valence electrons. The van der Waals surface area contributed by atoms with Crippen LogP contribution in [0, 0.1) is 0 Å². The van der Waals surface area contributed by atoms with Gasteiger partial charge in [0.2, 0.25) is 0 Å². The van der Waals surface area contributed by atoms with Crippen LogP contribution in [0.4, 0.5) is 0 Å². The molecule has 2 saturated heterocycles. The maximum absolute atomic E-state index is 13.3. The van der Waals surface area contributed by atoms with E-state index >= 15 is 0 Å². The number of hydrogen-bond donors (Lipinski definition) is 0. The van der Waals surface area contributed by atoms with Gasteiger partial charge >= 0.3 is 0 Å².